The van der Waals surface area contributed by atoms with Gasteiger partial charge >= 0.3 is 0 Å². The summed E-state index contributed by atoms with van der Waals surface area (Å²) in [4.78, 5) is 13.9. The Morgan fingerprint density at radius 1 is 1.40 bits per heavy atom. The highest BCUT2D eigenvalue weighted by molar-refractivity contribution is 9.11. The van der Waals surface area contributed by atoms with Crippen LogP contribution in [-0.2, 0) is 13.1 Å². The number of nitrogens with zero attached hydrogens (tertiary/aromatic N) is 1. The molecule has 0 radical (unpaired) electrons. The topological polar surface area (TPSA) is 58.4 Å². The minimum Gasteiger partial charge on any atom is -0.298 e. The maximum Gasteiger partial charge on any atom is 0.265 e. The van der Waals surface area contributed by atoms with Crippen molar-refractivity contribution in [1.82, 2.24) is 10.3 Å². The number of rotatable bonds is 5. The summed E-state index contributed by atoms with van der Waals surface area (Å²) in [5.41, 5.74) is 5.02. The molecule has 0 atom stereocenters. The van der Waals surface area contributed by atoms with E-state index in [4.69, 9.17) is 5.84 Å². The summed E-state index contributed by atoms with van der Waals surface area (Å²) in [5, 5.41) is 2.12. The normalized spacial score (nSPS) is 10.8. The molecule has 1 aromatic carbocycles. The van der Waals surface area contributed by atoms with Gasteiger partial charge < -0.3 is 0 Å². The minimum absolute atomic E-state index is 0.257. The van der Waals surface area contributed by atoms with Gasteiger partial charge in [-0.25, -0.2) is 5.84 Å². The number of benzene rings is 1. The van der Waals surface area contributed by atoms with Crippen molar-refractivity contribution >= 4 is 33.2 Å². The molecule has 0 fully saturated rings. The molecule has 6 heteroatoms. The van der Waals surface area contributed by atoms with Crippen LogP contribution in [0.3, 0.4) is 0 Å². The Morgan fingerprint density at radius 3 is 2.80 bits per heavy atom. The van der Waals surface area contributed by atoms with Gasteiger partial charge in [-0.2, -0.15) is 0 Å². The predicted molar refractivity (Wildman–Crippen MR) is 85.3 cm³/mol. The van der Waals surface area contributed by atoms with E-state index in [2.05, 4.69) is 37.7 Å². The Balaban J connectivity index is 2.07. The number of nitrogen functional groups attached to an aromatic ring is 1. The van der Waals surface area contributed by atoms with Crippen molar-refractivity contribution in [3.8, 4) is 0 Å². The number of hydrogen-bond donors (Lipinski definition) is 2. The second-order valence-electron chi connectivity index (χ2n) is 4.56. The Morgan fingerprint density at radius 2 is 2.15 bits per heavy atom. The zero-order chi connectivity index (χ0) is 14.5. The molecule has 1 amide bonds. The first-order valence-electron chi connectivity index (χ1n) is 6.10. The Labute approximate surface area is 130 Å². The summed E-state index contributed by atoms with van der Waals surface area (Å²) in [6, 6.07) is 9.61. The molecular formula is C14H16BrN3OS. The van der Waals surface area contributed by atoms with Gasteiger partial charge in [0.05, 0.1) is 3.79 Å². The van der Waals surface area contributed by atoms with Crippen LogP contribution >= 0.6 is 27.3 Å². The summed E-state index contributed by atoms with van der Waals surface area (Å²) in [6.07, 6.45) is 0. The van der Waals surface area contributed by atoms with Gasteiger partial charge in [0.1, 0.15) is 0 Å². The van der Waals surface area contributed by atoms with Gasteiger partial charge in [0.15, 0.2) is 0 Å². The van der Waals surface area contributed by atoms with E-state index in [9.17, 15) is 4.79 Å². The van der Waals surface area contributed by atoms with E-state index in [0.717, 1.165) is 15.9 Å². The quantitative estimate of drug-likeness (QED) is 0.493. The van der Waals surface area contributed by atoms with Crippen molar-refractivity contribution in [3.05, 3.63) is 56.2 Å². The lowest BCUT2D eigenvalue weighted by molar-refractivity contribution is 0.0952. The molecule has 0 spiro atoms. The molecule has 3 N–H and O–H groups in total. The van der Waals surface area contributed by atoms with Crippen LogP contribution in [0, 0.1) is 0 Å². The molecule has 0 saturated carbocycles. The molecule has 2 aromatic rings. The maximum absolute atomic E-state index is 11.7. The first-order chi connectivity index (χ1) is 9.60. The number of nitrogens with two attached hydrogens (primary N) is 1. The van der Waals surface area contributed by atoms with Crippen LogP contribution in [-0.4, -0.2) is 17.9 Å². The van der Waals surface area contributed by atoms with Crippen molar-refractivity contribution in [3.63, 3.8) is 0 Å². The molecule has 0 aliphatic carbocycles. The molecule has 1 heterocycles. The van der Waals surface area contributed by atoms with Gasteiger partial charge in [-0.3, -0.25) is 15.1 Å². The van der Waals surface area contributed by atoms with E-state index < -0.39 is 0 Å². The number of nitrogens with one attached hydrogen (secondary N) is 1. The van der Waals surface area contributed by atoms with Gasteiger partial charge in [0.25, 0.3) is 5.91 Å². The Hall–Kier alpha value is -1.21. The van der Waals surface area contributed by atoms with Crippen LogP contribution in [0.25, 0.3) is 0 Å². The van der Waals surface area contributed by atoms with Crippen LogP contribution in [0.1, 0.15) is 21.5 Å². The van der Waals surface area contributed by atoms with E-state index in [-0.39, 0.29) is 5.91 Å². The second kappa shape index (κ2) is 6.99. The largest absolute Gasteiger partial charge is 0.298 e. The Bertz CT molecular complexity index is 600. The molecule has 0 aliphatic rings. The predicted octanol–water partition coefficient (Wildman–Crippen LogP) is 2.75. The summed E-state index contributed by atoms with van der Waals surface area (Å²) in [7, 11) is 2.03. The lowest BCUT2D eigenvalue weighted by Gasteiger charge is -2.17. The Kier molecular flexibility index (Phi) is 5.31. The third-order valence-corrected chi connectivity index (χ3v) is 4.46. The highest BCUT2D eigenvalue weighted by Crippen LogP contribution is 2.22. The lowest BCUT2D eigenvalue weighted by atomic mass is 10.1. The fraction of sp³-hybridized carbons (Fsp3) is 0.214. The average Bonchev–Trinajstić information content (AvgIpc) is 2.83. The molecular weight excluding hydrogens is 338 g/mol. The number of carbonyl (C=O) groups excluding carboxylic acids is 1. The fourth-order valence-corrected chi connectivity index (χ4v) is 3.24. The zero-order valence-electron chi connectivity index (χ0n) is 11.1. The number of carbonyl (C=O) groups is 1. The van der Waals surface area contributed by atoms with Crippen molar-refractivity contribution < 1.29 is 4.79 Å². The van der Waals surface area contributed by atoms with Crippen LogP contribution in [0.4, 0.5) is 0 Å². The number of hydrazine groups is 1. The third-order valence-electron chi connectivity index (χ3n) is 2.91. The first kappa shape index (κ1) is 15.2. The molecule has 2 rings (SSSR count). The number of hydrogen-bond acceptors (Lipinski definition) is 4. The highest BCUT2D eigenvalue weighted by atomic mass is 79.9. The van der Waals surface area contributed by atoms with E-state index in [1.54, 1.807) is 17.4 Å². The highest BCUT2D eigenvalue weighted by Gasteiger charge is 2.11. The van der Waals surface area contributed by atoms with Crippen LogP contribution in [0.2, 0.25) is 0 Å². The fourth-order valence-electron chi connectivity index (χ4n) is 2.04. The smallest absolute Gasteiger partial charge is 0.265 e. The summed E-state index contributed by atoms with van der Waals surface area (Å²) in [6.45, 7) is 1.53. The van der Waals surface area contributed by atoms with Crippen molar-refractivity contribution in [2.45, 2.75) is 13.1 Å². The van der Waals surface area contributed by atoms with Gasteiger partial charge in [-0.1, -0.05) is 18.2 Å². The molecule has 20 heavy (non-hydrogen) atoms. The van der Waals surface area contributed by atoms with E-state index in [1.807, 2.05) is 25.2 Å². The van der Waals surface area contributed by atoms with Gasteiger partial charge in [-0.15, -0.1) is 11.3 Å². The standard InChI is InChI=1S/C14H16BrN3OS/c1-18(7-10-6-13(15)20-9-10)8-11-4-2-3-5-12(11)14(19)17-16/h2-6,9H,7-8,16H2,1H3,(H,17,19). The summed E-state index contributed by atoms with van der Waals surface area (Å²) in [5.74, 6) is 4.96. The number of thiophene rings is 1. The average molecular weight is 354 g/mol. The van der Waals surface area contributed by atoms with Crippen molar-refractivity contribution in [2.24, 2.45) is 5.84 Å². The minimum atomic E-state index is -0.257. The first-order valence-corrected chi connectivity index (χ1v) is 7.77. The van der Waals surface area contributed by atoms with Crippen molar-refractivity contribution in [1.29, 1.82) is 0 Å². The molecule has 0 unspecified atom stereocenters. The second-order valence-corrected chi connectivity index (χ2v) is 6.85. The molecule has 0 bridgehead atoms. The summed E-state index contributed by atoms with van der Waals surface area (Å²) >= 11 is 5.14. The van der Waals surface area contributed by atoms with Crippen LogP contribution in [0.5, 0.6) is 0 Å². The van der Waals surface area contributed by atoms with Gasteiger partial charge in [-0.05, 0) is 51.6 Å². The van der Waals surface area contributed by atoms with Gasteiger partial charge in [0, 0.05) is 18.7 Å². The summed E-state index contributed by atoms with van der Waals surface area (Å²) < 4.78 is 1.13. The molecule has 0 saturated heterocycles. The lowest BCUT2D eigenvalue weighted by Crippen LogP contribution is -2.31. The maximum atomic E-state index is 11.7. The molecule has 0 aliphatic heterocycles. The zero-order valence-corrected chi connectivity index (χ0v) is 13.5. The molecule has 1 aromatic heterocycles. The number of amides is 1. The SMILES string of the molecule is CN(Cc1csc(Br)c1)Cc1ccccc1C(=O)NN. The van der Waals surface area contributed by atoms with Crippen LogP contribution in [0.15, 0.2) is 39.5 Å². The third kappa shape index (κ3) is 3.89. The van der Waals surface area contributed by atoms with Crippen LogP contribution < -0.4 is 11.3 Å². The monoisotopic (exact) mass is 353 g/mol. The van der Waals surface area contributed by atoms with Crippen molar-refractivity contribution in [2.75, 3.05) is 7.05 Å². The van der Waals surface area contributed by atoms with E-state index >= 15 is 0 Å². The molecule has 4 nitrogen and oxygen atoms in total. The van der Waals surface area contributed by atoms with E-state index in [1.165, 1.54) is 5.56 Å². The number of halogens is 1. The molecule has 106 valence electrons. The van der Waals surface area contributed by atoms with E-state index in [0.29, 0.717) is 12.1 Å². The van der Waals surface area contributed by atoms with Gasteiger partial charge in [0.2, 0.25) is 0 Å².